The number of hydrogen-bond donors (Lipinski definition) is 1. The first-order valence-electron chi connectivity index (χ1n) is 8.96. The van der Waals surface area contributed by atoms with Crippen LogP contribution in [0.5, 0.6) is 5.75 Å². The molecule has 0 fully saturated rings. The van der Waals surface area contributed by atoms with Crippen LogP contribution in [-0.2, 0) is 0 Å². The molecule has 5 nitrogen and oxygen atoms in total. The molecule has 0 aliphatic rings. The molecule has 0 unspecified atom stereocenters. The minimum Gasteiger partial charge on any atom is -0.494 e. The molecule has 1 aromatic heterocycles. The number of benzene rings is 2. The fourth-order valence-corrected chi connectivity index (χ4v) is 3.89. The first-order chi connectivity index (χ1) is 13.7. The van der Waals surface area contributed by atoms with Gasteiger partial charge in [0, 0.05) is 11.3 Å². The zero-order valence-corrected chi connectivity index (χ0v) is 17.1. The van der Waals surface area contributed by atoms with E-state index in [9.17, 15) is 4.79 Å². The Balaban J connectivity index is 1.51. The van der Waals surface area contributed by atoms with E-state index in [-0.39, 0.29) is 5.91 Å². The SMILES string of the molecule is CCCOc1cccc(C(=O)Nc2nnc(SC/C=C/c3ccccc3)s2)c1. The molecule has 144 valence electrons. The Morgan fingerprint density at radius 3 is 2.86 bits per heavy atom. The third-order valence-corrected chi connectivity index (χ3v) is 5.53. The van der Waals surface area contributed by atoms with Crippen LogP contribution in [0, 0.1) is 0 Å². The number of nitrogens with one attached hydrogen (secondary N) is 1. The van der Waals surface area contributed by atoms with Crippen molar-refractivity contribution in [2.24, 2.45) is 0 Å². The molecule has 0 aliphatic heterocycles. The number of ether oxygens (including phenoxy) is 1. The number of aromatic nitrogens is 2. The summed E-state index contributed by atoms with van der Waals surface area (Å²) in [5.74, 6) is 1.25. The highest BCUT2D eigenvalue weighted by Crippen LogP contribution is 2.26. The number of thioether (sulfide) groups is 1. The minimum atomic E-state index is -0.223. The van der Waals surface area contributed by atoms with Crippen molar-refractivity contribution < 1.29 is 9.53 Å². The number of carbonyl (C=O) groups is 1. The van der Waals surface area contributed by atoms with E-state index < -0.39 is 0 Å². The van der Waals surface area contributed by atoms with Crippen LogP contribution in [0.15, 0.2) is 65.0 Å². The molecule has 7 heteroatoms. The minimum absolute atomic E-state index is 0.223. The molecule has 1 heterocycles. The third kappa shape index (κ3) is 6.21. The average Bonchev–Trinajstić information content (AvgIpc) is 3.18. The fourth-order valence-electron chi connectivity index (χ4n) is 2.30. The van der Waals surface area contributed by atoms with Gasteiger partial charge in [-0.1, -0.05) is 78.6 Å². The van der Waals surface area contributed by atoms with E-state index in [1.165, 1.54) is 16.9 Å². The van der Waals surface area contributed by atoms with Crippen LogP contribution in [0.2, 0.25) is 0 Å². The van der Waals surface area contributed by atoms with Gasteiger partial charge in [0.1, 0.15) is 5.75 Å². The number of amides is 1. The average molecular weight is 412 g/mol. The zero-order valence-electron chi connectivity index (χ0n) is 15.5. The molecule has 1 N–H and O–H groups in total. The van der Waals surface area contributed by atoms with E-state index in [0.29, 0.717) is 23.1 Å². The van der Waals surface area contributed by atoms with Gasteiger partial charge in [-0.15, -0.1) is 10.2 Å². The highest BCUT2D eigenvalue weighted by Gasteiger charge is 2.11. The molecule has 1 amide bonds. The Morgan fingerprint density at radius 1 is 1.18 bits per heavy atom. The first-order valence-corrected chi connectivity index (χ1v) is 10.8. The lowest BCUT2D eigenvalue weighted by molar-refractivity contribution is 0.102. The summed E-state index contributed by atoms with van der Waals surface area (Å²) in [7, 11) is 0. The van der Waals surface area contributed by atoms with E-state index in [1.807, 2.05) is 31.2 Å². The summed E-state index contributed by atoms with van der Waals surface area (Å²) in [5.41, 5.74) is 1.70. The number of rotatable bonds is 9. The lowest BCUT2D eigenvalue weighted by Crippen LogP contribution is -2.11. The van der Waals surface area contributed by atoms with Gasteiger partial charge in [-0.2, -0.15) is 0 Å². The predicted octanol–water partition coefficient (Wildman–Crippen LogP) is 5.38. The number of anilines is 1. The predicted molar refractivity (Wildman–Crippen MR) is 116 cm³/mol. The molecule has 3 aromatic rings. The van der Waals surface area contributed by atoms with Crippen LogP contribution >= 0.6 is 23.1 Å². The summed E-state index contributed by atoms with van der Waals surface area (Å²) in [4.78, 5) is 12.4. The Bertz CT molecular complexity index is 926. The van der Waals surface area contributed by atoms with Crippen molar-refractivity contribution in [1.82, 2.24) is 10.2 Å². The van der Waals surface area contributed by atoms with E-state index in [1.54, 1.807) is 30.0 Å². The summed E-state index contributed by atoms with van der Waals surface area (Å²) in [5, 5.41) is 11.5. The third-order valence-electron chi connectivity index (χ3n) is 3.61. The number of carbonyl (C=O) groups excluding carboxylic acids is 1. The lowest BCUT2D eigenvalue weighted by Gasteiger charge is -2.06. The maximum absolute atomic E-state index is 12.4. The summed E-state index contributed by atoms with van der Waals surface area (Å²) < 4.78 is 6.39. The standard InChI is InChI=1S/C21H21N3O2S2/c1-2-13-26-18-12-6-11-17(15-18)19(25)22-20-23-24-21(28-20)27-14-7-10-16-8-4-3-5-9-16/h3-12,15H,2,13-14H2,1H3,(H,22,23,25)/b10-7+. The largest absolute Gasteiger partial charge is 0.494 e. The molecule has 2 aromatic carbocycles. The van der Waals surface area contributed by atoms with Crippen molar-refractivity contribution in [2.75, 3.05) is 17.7 Å². The number of hydrogen-bond acceptors (Lipinski definition) is 6. The van der Waals surface area contributed by atoms with Crippen LogP contribution in [-0.4, -0.2) is 28.5 Å². The Hall–Kier alpha value is -2.64. The first kappa shape index (κ1) is 20.1. The lowest BCUT2D eigenvalue weighted by atomic mass is 10.2. The molecule has 0 atom stereocenters. The second-order valence-electron chi connectivity index (χ2n) is 5.83. The van der Waals surface area contributed by atoms with Crippen molar-refractivity contribution in [3.05, 3.63) is 71.8 Å². The van der Waals surface area contributed by atoms with E-state index >= 15 is 0 Å². The molecule has 3 rings (SSSR count). The van der Waals surface area contributed by atoms with Crippen molar-refractivity contribution in [3.8, 4) is 5.75 Å². The van der Waals surface area contributed by atoms with Crippen molar-refractivity contribution >= 4 is 40.2 Å². The quantitative estimate of drug-likeness (QED) is 0.378. The van der Waals surface area contributed by atoms with Gasteiger partial charge in [-0.3, -0.25) is 10.1 Å². The van der Waals surface area contributed by atoms with Gasteiger partial charge in [-0.05, 0) is 30.2 Å². The molecule has 0 saturated carbocycles. The van der Waals surface area contributed by atoms with Crippen molar-refractivity contribution in [3.63, 3.8) is 0 Å². The Labute approximate surface area is 172 Å². The zero-order chi connectivity index (χ0) is 19.6. The van der Waals surface area contributed by atoms with E-state index in [0.717, 1.165) is 16.5 Å². The van der Waals surface area contributed by atoms with Crippen LogP contribution in [0.1, 0.15) is 29.3 Å². The monoisotopic (exact) mass is 411 g/mol. The van der Waals surface area contributed by atoms with E-state index in [4.69, 9.17) is 4.74 Å². The molecule has 0 saturated heterocycles. The van der Waals surface area contributed by atoms with Crippen LogP contribution in [0.4, 0.5) is 5.13 Å². The molecular weight excluding hydrogens is 390 g/mol. The van der Waals surface area contributed by atoms with Gasteiger partial charge in [-0.25, -0.2) is 0 Å². The number of nitrogens with zero attached hydrogens (tertiary/aromatic N) is 2. The van der Waals surface area contributed by atoms with Gasteiger partial charge in [0.25, 0.3) is 5.91 Å². The second kappa shape index (κ2) is 10.6. The van der Waals surface area contributed by atoms with Crippen LogP contribution in [0.3, 0.4) is 0 Å². The smallest absolute Gasteiger partial charge is 0.257 e. The Kier molecular flexibility index (Phi) is 7.63. The van der Waals surface area contributed by atoms with E-state index in [2.05, 4.69) is 39.8 Å². The van der Waals surface area contributed by atoms with Gasteiger partial charge in [0.2, 0.25) is 5.13 Å². The molecule has 28 heavy (non-hydrogen) atoms. The van der Waals surface area contributed by atoms with Crippen molar-refractivity contribution in [2.45, 2.75) is 17.7 Å². The topological polar surface area (TPSA) is 64.1 Å². The van der Waals surface area contributed by atoms with Crippen LogP contribution in [0.25, 0.3) is 6.08 Å². The highest BCUT2D eigenvalue weighted by molar-refractivity contribution is 8.01. The van der Waals surface area contributed by atoms with Gasteiger partial charge < -0.3 is 4.74 Å². The Morgan fingerprint density at radius 2 is 2.04 bits per heavy atom. The molecule has 0 spiro atoms. The maximum Gasteiger partial charge on any atom is 0.257 e. The highest BCUT2D eigenvalue weighted by atomic mass is 32.2. The molecular formula is C21H21N3O2S2. The normalized spacial score (nSPS) is 10.9. The molecule has 0 bridgehead atoms. The summed E-state index contributed by atoms with van der Waals surface area (Å²) in [6.45, 7) is 2.67. The van der Waals surface area contributed by atoms with Gasteiger partial charge in [0.05, 0.1) is 6.61 Å². The second-order valence-corrected chi connectivity index (χ2v) is 8.07. The summed E-state index contributed by atoms with van der Waals surface area (Å²) in [6, 6.07) is 17.3. The molecule has 0 radical (unpaired) electrons. The summed E-state index contributed by atoms with van der Waals surface area (Å²) in [6.07, 6.45) is 5.08. The van der Waals surface area contributed by atoms with Gasteiger partial charge >= 0.3 is 0 Å². The van der Waals surface area contributed by atoms with Gasteiger partial charge in [0.15, 0.2) is 4.34 Å². The van der Waals surface area contributed by atoms with Crippen molar-refractivity contribution in [1.29, 1.82) is 0 Å². The summed E-state index contributed by atoms with van der Waals surface area (Å²) >= 11 is 2.95. The molecule has 0 aliphatic carbocycles. The maximum atomic E-state index is 12.4. The fraction of sp³-hybridized carbons (Fsp3) is 0.190. The van der Waals surface area contributed by atoms with Crippen LogP contribution < -0.4 is 10.1 Å².